The SMILES string of the molecule is CC(NC(=O)[C@@H]1CSC2c3ccccc3C(=O)N21)c1ccccc1. The molecule has 5 heteroatoms. The van der Waals surface area contributed by atoms with Gasteiger partial charge in [0.1, 0.15) is 11.4 Å². The summed E-state index contributed by atoms with van der Waals surface area (Å²) >= 11 is 1.66. The Kier molecular flexibility index (Phi) is 3.81. The first-order valence-corrected chi connectivity index (χ1v) is 9.10. The number of amides is 2. The Morgan fingerprint density at radius 3 is 2.67 bits per heavy atom. The molecule has 1 N–H and O–H groups in total. The summed E-state index contributed by atoms with van der Waals surface area (Å²) in [4.78, 5) is 27.2. The van der Waals surface area contributed by atoms with Gasteiger partial charge in [0, 0.05) is 11.3 Å². The highest BCUT2D eigenvalue weighted by Crippen LogP contribution is 2.48. The van der Waals surface area contributed by atoms with E-state index < -0.39 is 6.04 Å². The molecule has 24 heavy (non-hydrogen) atoms. The van der Waals surface area contributed by atoms with Crippen molar-refractivity contribution < 1.29 is 9.59 Å². The van der Waals surface area contributed by atoms with Crippen molar-refractivity contribution in [3.8, 4) is 0 Å². The third-order valence-corrected chi connectivity index (χ3v) is 5.96. The quantitative estimate of drug-likeness (QED) is 0.935. The zero-order chi connectivity index (χ0) is 16.7. The third-order valence-electron chi connectivity index (χ3n) is 4.65. The number of thioether (sulfide) groups is 1. The molecule has 4 nitrogen and oxygen atoms in total. The summed E-state index contributed by atoms with van der Waals surface area (Å²) in [5.74, 6) is 0.522. The molecule has 3 atom stereocenters. The van der Waals surface area contributed by atoms with Gasteiger partial charge in [0.15, 0.2) is 0 Å². The molecular weight excluding hydrogens is 320 g/mol. The fourth-order valence-electron chi connectivity index (χ4n) is 3.38. The van der Waals surface area contributed by atoms with E-state index in [1.54, 1.807) is 16.7 Å². The minimum Gasteiger partial charge on any atom is -0.348 e. The summed E-state index contributed by atoms with van der Waals surface area (Å²) in [7, 11) is 0. The molecule has 1 fully saturated rings. The Hall–Kier alpha value is -2.27. The number of benzene rings is 2. The van der Waals surface area contributed by atoms with E-state index in [2.05, 4.69) is 5.32 Å². The number of carbonyl (C=O) groups is 2. The van der Waals surface area contributed by atoms with E-state index in [4.69, 9.17) is 0 Å². The van der Waals surface area contributed by atoms with Gasteiger partial charge in [0.2, 0.25) is 5.91 Å². The maximum absolute atomic E-state index is 12.7. The number of fused-ring (bicyclic) bond motifs is 3. The Morgan fingerprint density at radius 2 is 1.88 bits per heavy atom. The van der Waals surface area contributed by atoms with E-state index in [0.29, 0.717) is 5.75 Å². The number of nitrogens with one attached hydrogen (secondary N) is 1. The maximum Gasteiger partial charge on any atom is 0.256 e. The van der Waals surface area contributed by atoms with Gasteiger partial charge in [-0.15, -0.1) is 11.8 Å². The molecule has 2 unspecified atom stereocenters. The Morgan fingerprint density at radius 1 is 1.17 bits per heavy atom. The Labute approximate surface area is 145 Å². The fraction of sp³-hybridized carbons (Fsp3) is 0.263. The van der Waals surface area contributed by atoms with Gasteiger partial charge >= 0.3 is 0 Å². The first-order chi connectivity index (χ1) is 11.7. The first-order valence-electron chi connectivity index (χ1n) is 8.05. The molecule has 0 bridgehead atoms. The van der Waals surface area contributed by atoms with Crippen LogP contribution in [-0.4, -0.2) is 28.5 Å². The lowest BCUT2D eigenvalue weighted by atomic mass is 10.1. The number of carbonyl (C=O) groups excluding carboxylic acids is 2. The Bertz CT molecular complexity index is 793. The van der Waals surface area contributed by atoms with E-state index >= 15 is 0 Å². The Balaban J connectivity index is 1.52. The predicted octanol–water partition coefficient (Wildman–Crippen LogP) is 3.13. The highest BCUT2D eigenvalue weighted by Gasteiger charge is 2.48. The lowest BCUT2D eigenvalue weighted by molar-refractivity contribution is -0.125. The standard InChI is InChI=1S/C19H18N2O2S/c1-12(13-7-3-2-4-8-13)20-17(22)16-11-24-19-15-10-6-5-9-14(15)18(23)21(16)19/h2-10,12,16,19H,11H2,1H3,(H,20,22)/t12?,16-,19?/m0/s1. The predicted molar refractivity (Wildman–Crippen MR) is 94.6 cm³/mol. The lowest BCUT2D eigenvalue weighted by Crippen LogP contribution is -2.46. The summed E-state index contributed by atoms with van der Waals surface area (Å²) in [6, 6.07) is 17.0. The van der Waals surface area contributed by atoms with Crippen molar-refractivity contribution in [1.29, 1.82) is 0 Å². The van der Waals surface area contributed by atoms with Gasteiger partial charge in [-0.05, 0) is 24.1 Å². The van der Waals surface area contributed by atoms with Crippen LogP contribution in [0.1, 0.15) is 39.8 Å². The zero-order valence-electron chi connectivity index (χ0n) is 13.3. The minimum atomic E-state index is -0.411. The number of nitrogens with zero attached hydrogens (tertiary/aromatic N) is 1. The number of hydrogen-bond acceptors (Lipinski definition) is 3. The number of rotatable bonds is 3. The van der Waals surface area contributed by atoms with Crippen LogP contribution < -0.4 is 5.32 Å². The van der Waals surface area contributed by atoms with E-state index in [-0.39, 0.29) is 23.2 Å². The van der Waals surface area contributed by atoms with E-state index in [0.717, 1.165) is 16.7 Å². The van der Waals surface area contributed by atoms with Gasteiger partial charge in [-0.25, -0.2) is 0 Å². The van der Waals surface area contributed by atoms with Gasteiger partial charge in [0.25, 0.3) is 5.91 Å². The van der Waals surface area contributed by atoms with Crippen LogP contribution in [-0.2, 0) is 4.79 Å². The second kappa shape index (κ2) is 5.98. The van der Waals surface area contributed by atoms with E-state index in [1.165, 1.54) is 0 Å². The van der Waals surface area contributed by atoms with Gasteiger partial charge in [-0.3, -0.25) is 9.59 Å². The summed E-state index contributed by atoms with van der Waals surface area (Å²) < 4.78 is 0. The molecule has 0 spiro atoms. The minimum absolute atomic E-state index is 0.0310. The van der Waals surface area contributed by atoms with Crippen molar-refractivity contribution in [1.82, 2.24) is 10.2 Å². The largest absolute Gasteiger partial charge is 0.348 e. The molecule has 2 heterocycles. The lowest BCUT2D eigenvalue weighted by Gasteiger charge is -2.24. The third kappa shape index (κ3) is 2.40. The monoisotopic (exact) mass is 338 g/mol. The molecule has 122 valence electrons. The summed E-state index contributed by atoms with van der Waals surface area (Å²) in [5.41, 5.74) is 2.81. The molecule has 0 aliphatic carbocycles. The number of hydrogen-bond donors (Lipinski definition) is 1. The van der Waals surface area contributed by atoms with Crippen molar-refractivity contribution in [3.05, 3.63) is 71.3 Å². The molecule has 4 rings (SSSR count). The first kappa shape index (κ1) is 15.3. The van der Waals surface area contributed by atoms with Gasteiger partial charge in [-0.1, -0.05) is 48.5 Å². The van der Waals surface area contributed by atoms with Crippen molar-refractivity contribution in [3.63, 3.8) is 0 Å². The second-order valence-electron chi connectivity index (χ2n) is 6.14. The van der Waals surface area contributed by atoms with Crippen LogP contribution >= 0.6 is 11.8 Å². The molecule has 2 aromatic rings. The van der Waals surface area contributed by atoms with E-state index in [1.807, 2.05) is 61.5 Å². The summed E-state index contributed by atoms with van der Waals surface area (Å²) in [5, 5.41) is 3.02. The topological polar surface area (TPSA) is 49.4 Å². The highest BCUT2D eigenvalue weighted by molar-refractivity contribution is 7.99. The van der Waals surface area contributed by atoms with Gasteiger partial charge in [0.05, 0.1) is 6.04 Å². The van der Waals surface area contributed by atoms with Crippen LogP contribution in [0.4, 0.5) is 0 Å². The molecular formula is C19H18N2O2S. The average Bonchev–Trinajstić information content (AvgIpc) is 3.17. The average molecular weight is 338 g/mol. The van der Waals surface area contributed by atoms with Crippen LogP contribution in [0.25, 0.3) is 0 Å². The summed E-state index contributed by atoms with van der Waals surface area (Å²) in [6.45, 7) is 1.97. The van der Waals surface area contributed by atoms with Crippen LogP contribution in [0.15, 0.2) is 54.6 Å². The van der Waals surface area contributed by atoms with Crippen molar-refractivity contribution in [2.45, 2.75) is 24.4 Å². The molecule has 2 aliphatic heterocycles. The van der Waals surface area contributed by atoms with Crippen LogP contribution in [0.5, 0.6) is 0 Å². The smallest absolute Gasteiger partial charge is 0.256 e. The zero-order valence-corrected chi connectivity index (χ0v) is 14.1. The van der Waals surface area contributed by atoms with E-state index in [9.17, 15) is 9.59 Å². The highest BCUT2D eigenvalue weighted by atomic mass is 32.2. The van der Waals surface area contributed by atoms with Crippen molar-refractivity contribution in [2.75, 3.05) is 5.75 Å². The van der Waals surface area contributed by atoms with Gasteiger partial charge < -0.3 is 10.2 Å². The second-order valence-corrected chi connectivity index (χ2v) is 7.26. The van der Waals surface area contributed by atoms with Crippen molar-refractivity contribution in [2.24, 2.45) is 0 Å². The normalized spacial score (nSPS) is 22.9. The maximum atomic E-state index is 12.7. The molecule has 0 radical (unpaired) electrons. The molecule has 0 aromatic heterocycles. The van der Waals surface area contributed by atoms with Crippen LogP contribution in [0.2, 0.25) is 0 Å². The molecule has 2 amide bonds. The van der Waals surface area contributed by atoms with Crippen LogP contribution in [0.3, 0.4) is 0 Å². The molecule has 0 saturated carbocycles. The fourth-order valence-corrected chi connectivity index (χ4v) is 4.84. The molecule has 2 aliphatic rings. The molecule has 1 saturated heterocycles. The molecule has 2 aromatic carbocycles. The summed E-state index contributed by atoms with van der Waals surface area (Å²) in [6.07, 6.45) is 0. The van der Waals surface area contributed by atoms with Crippen LogP contribution in [0, 0.1) is 0 Å². The van der Waals surface area contributed by atoms with Crippen molar-refractivity contribution >= 4 is 23.6 Å². The van der Waals surface area contributed by atoms with Gasteiger partial charge in [-0.2, -0.15) is 0 Å².